The van der Waals surface area contributed by atoms with Gasteiger partial charge in [0.1, 0.15) is 5.82 Å². The van der Waals surface area contributed by atoms with E-state index in [0.717, 1.165) is 5.56 Å². The highest BCUT2D eigenvalue weighted by atomic mass is 16.6. The van der Waals surface area contributed by atoms with Crippen molar-refractivity contribution in [3.05, 3.63) is 50.1 Å². The first-order valence-electron chi connectivity index (χ1n) is 8.37. The Kier molecular flexibility index (Phi) is 6.53. The van der Waals surface area contributed by atoms with E-state index in [4.69, 9.17) is 9.47 Å². The van der Waals surface area contributed by atoms with Crippen molar-refractivity contribution in [1.82, 2.24) is 9.97 Å². The number of nitrogens with zero attached hydrogens (tertiary/aromatic N) is 2. The van der Waals surface area contributed by atoms with Gasteiger partial charge in [0.25, 0.3) is 5.88 Å². The molecule has 0 radical (unpaired) electrons. The van der Waals surface area contributed by atoms with E-state index >= 15 is 0 Å². The molecule has 9 nitrogen and oxygen atoms in total. The summed E-state index contributed by atoms with van der Waals surface area (Å²) in [6, 6.07) is 5.33. The SMILES string of the molecule is CCOc1cc(/C=C/c2nc(O)c([N+](=O)[O-])c(=O)[nH]2)ccc1OCC(C)C. The van der Waals surface area contributed by atoms with Crippen molar-refractivity contribution in [2.45, 2.75) is 20.8 Å². The van der Waals surface area contributed by atoms with Crippen LogP contribution < -0.4 is 15.0 Å². The van der Waals surface area contributed by atoms with Gasteiger partial charge in [0.15, 0.2) is 11.5 Å². The van der Waals surface area contributed by atoms with E-state index < -0.39 is 22.0 Å². The number of rotatable bonds is 8. The summed E-state index contributed by atoms with van der Waals surface area (Å²) in [7, 11) is 0. The molecule has 0 atom stereocenters. The molecule has 0 spiro atoms. The highest BCUT2D eigenvalue weighted by molar-refractivity contribution is 5.68. The zero-order chi connectivity index (χ0) is 20.0. The summed E-state index contributed by atoms with van der Waals surface area (Å²) in [5, 5.41) is 20.3. The molecule has 2 aromatic rings. The second-order valence-corrected chi connectivity index (χ2v) is 6.06. The summed E-state index contributed by atoms with van der Waals surface area (Å²) in [5.41, 5.74) is -1.28. The molecule has 2 rings (SSSR count). The molecule has 0 aliphatic heterocycles. The van der Waals surface area contributed by atoms with Gasteiger partial charge in [0, 0.05) is 0 Å². The summed E-state index contributed by atoms with van der Waals surface area (Å²) in [6.45, 7) is 6.98. The number of benzene rings is 1. The molecular weight excluding hydrogens is 354 g/mol. The molecule has 0 aliphatic rings. The molecule has 0 unspecified atom stereocenters. The number of ether oxygens (including phenoxy) is 2. The Morgan fingerprint density at radius 3 is 2.63 bits per heavy atom. The molecule has 1 aromatic heterocycles. The lowest BCUT2D eigenvalue weighted by Gasteiger charge is -2.14. The van der Waals surface area contributed by atoms with Crippen molar-refractivity contribution in [2.24, 2.45) is 5.92 Å². The standard InChI is InChI=1S/C18H21N3O6/c1-4-26-14-9-12(5-7-13(14)27-10-11(2)3)6-8-15-19-17(22)16(21(24)25)18(23)20-15/h5-9,11H,4,10H2,1-3H3,(H2,19,20,22,23)/b8-6+. The van der Waals surface area contributed by atoms with Crippen LogP contribution in [0.25, 0.3) is 12.2 Å². The zero-order valence-electron chi connectivity index (χ0n) is 15.3. The first-order chi connectivity index (χ1) is 12.8. The number of aromatic hydroxyl groups is 1. The lowest BCUT2D eigenvalue weighted by atomic mass is 10.2. The first kappa shape index (κ1) is 20.0. The van der Waals surface area contributed by atoms with Crippen LogP contribution >= 0.6 is 0 Å². The van der Waals surface area contributed by atoms with E-state index in [2.05, 4.69) is 9.97 Å². The molecule has 144 valence electrons. The minimum absolute atomic E-state index is 0.0128. The molecule has 0 saturated carbocycles. The van der Waals surface area contributed by atoms with Crippen LogP contribution in [0, 0.1) is 16.0 Å². The van der Waals surface area contributed by atoms with Gasteiger partial charge in [-0.3, -0.25) is 14.9 Å². The molecule has 0 fully saturated rings. The number of nitro groups is 1. The maximum absolute atomic E-state index is 11.7. The number of hydrogen-bond donors (Lipinski definition) is 2. The largest absolute Gasteiger partial charge is 0.490 e. The Labute approximate surface area is 155 Å². The van der Waals surface area contributed by atoms with E-state index in [1.54, 1.807) is 24.3 Å². The van der Waals surface area contributed by atoms with Gasteiger partial charge in [0.2, 0.25) is 0 Å². The van der Waals surface area contributed by atoms with Gasteiger partial charge in [-0.2, -0.15) is 4.98 Å². The van der Waals surface area contributed by atoms with Crippen molar-refractivity contribution in [1.29, 1.82) is 0 Å². The van der Waals surface area contributed by atoms with E-state index in [1.807, 2.05) is 20.8 Å². The first-order valence-corrected chi connectivity index (χ1v) is 8.37. The quantitative estimate of drug-likeness (QED) is 0.536. The third-order valence-corrected chi connectivity index (χ3v) is 3.35. The highest BCUT2D eigenvalue weighted by Crippen LogP contribution is 2.29. The molecule has 2 N–H and O–H groups in total. The van der Waals surface area contributed by atoms with Crippen LogP contribution in [0.4, 0.5) is 5.69 Å². The summed E-state index contributed by atoms with van der Waals surface area (Å²) in [6.07, 6.45) is 3.04. The third-order valence-electron chi connectivity index (χ3n) is 3.35. The maximum atomic E-state index is 11.7. The molecule has 0 bridgehead atoms. The smallest absolute Gasteiger partial charge is 0.395 e. The molecule has 0 saturated heterocycles. The Hall–Kier alpha value is -3.36. The van der Waals surface area contributed by atoms with E-state index in [0.29, 0.717) is 30.6 Å². The van der Waals surface area contributed by atoms with Gasteiger partial charge >= 0.3 is 11.2 Å². The molecule has 1 aromatic carbocycles. The summed E-state index contributed by atoms with van der Waals surface area (Å²) < 4.78 is 11.3. The average Bonchev–Trinajstić information content (AvgIpc) is 2.58. The third kappa shape index (κ3) is 5.30. The number of H-pyrrole nitrogens is 1. The summed E-state index contributed by atoms with van der Waals surface area (Å²) in [5.74, 6) is 0.629. The fourth-order valence-corrected chi connectivity index (χ4v) is 2.16. The predicted molar refractivity (Wildman–Crippen MR) is 100 cm³/mol. The van der Waals surface area contributed by atoms with E-state index in [9.17, 15) is 20.0 Å². The Bertz CT molecular complexity index is 904. The molecule has 1 heterocycles. The Morgan fingerprint density at radius 1 is 1.30 bits per heavy atom. The normalized spacial score (nSPS) is 11.1. The predicted octanol–water partition coefficient (Wildman–Crippen LogP) is 2.99. The minimum atomic E-state index is -1.03. The Balaban J connectivity index is 2.27. The topological polar surface area (TPSA) is 128 Å². The number of hydrogen-bond acceptors (Lipinski definition) is 7. The molecule has 27 heavy (non-hydrogen) atoms. The fraction of sp³-hybridized carbons (Fsp3) is 0.333. The second-order valence-electron chi connectivity index (χ2n) is 6.06. The van der Waals surface area contributed by atoms with Crippen LogP contribution in [0.15, 0.2) is 23.0 Å². The van der Waals surface area contributed by atoms with Crippen LogP contribution in [0.1, 0.15) is 32.2 Å². The van der Waals surface area contributed by atoms with Crippen molar-refractivity contribution in [3.63, 3.8) is 0 Å². The van der Waals surface area contributed by atoms with Crippen molar-refractivity contribution >= 4 is 17.8 Å². The van der Waals surface area contributed by atoms with Crippen LogP contribution in [0.3, 0.4) is 0 Å². The molecule has 9 heteroatoms. The monoisotopic (exact) mass is 375 g/mol. The summed E-state index contributed by atoms with van der Waals surface area (Å²) >= 11 is 0. The van der Waals surface area contributed by atoms with Crippen molar-refractivity contribution in [2.75, 3.05) is 13.2 Å². The van der Waals surface area contributed by atoms with Gasteiger partial charge in [-0.1, -0.05) is 26.0 Å². The zero-order valence-corrected chi connectivity index (χ0v) is 15.3. The Morgan fingerprint density at radius 2 is 2.04 bits per heavy atom. The average molecular weight is 375 g/mol. The van der Waals surface area contributed by atoms with E-state index in [1.165, 1.54) is 6.08 Å². The molecule has 0 amide bonds. The van der Waals surface area contributed by atoms with E-state index in [-0.39, 0.29) is 5.82 Å². The summed E-state index contributed by atoms with van der Waals surface area (Å²) in [4.78, 5) is 27.2. The van der Waals surface area contributed by atoms with Crippen LogP contribution in [-0.2, 0) is 0 Å². The van der Waals surface area contributed by atoms with Gasteiger partial charge in [-0.15, -0.1) is 0 Å². The fourth-order valence-electron chi connectivity index (χ4n) is 2.16. The van der Waals surface area contributed by atoms with Crippen molar-refractivity contribution in [3.8, 4) is 17.4 Å². The van der Waals surface area contributed by atoms with Crippen LogP contribution in [-0.4, -0.2) is 33.2 Å². The minimum Gasteiger partial charge on any atom is -0.490 e. The van der Waals surface area contributed by atoms with Gasteiger partial charge in [0.05, 0.1) is 18.1 Å². The number of aromatic nitrogens is 2. The van der Waals surface area contributed by atoms with Gasteiger partial charge < -0.3 is 19.6 Å². The van der Waals surface area contributed by atoms with Crippen molar-refractivity contribution < 1.29 is 19.5 Å². The molecule has 0 aliphatic carbocycles. The maximum Gasteiger partial charge on any atom is 0.395 e. The number of aromatic amines is 1. The van der Waals surface area contributed by atoms with Crippen LogP contribution in [0.5, 0.6) is 17.4 Å². The lowest BCUT2D eigenvalue weighted by molar-refractivity contribution is -0.387. The van der Waals surface area contributed by atoms with Crippen LogP contribution in [0.2, 0.25) is 0 Å². The highest BCUT2D eigenvalue weighted by Gasteiger charge is 2.21. The lowest BCUT2D eigenvalue weighted by Crippen LogP contribution is -2.14. The molecular formula is C18H21N3O6. The van der Waals surface area contributed by atoms with Gasteiger partial charge in [-0.05, 0) is 36.6 Å². The van der Waals surface area contributed by atoms with Gasteiger partial charge in [-0.25, -0.2) is 0 Å². The second kappa shape index (κ2) is 8.84. The number of nitrogens with one attached hydrogen (secondary N) is 1.